The third-order valence-corrected chi connectivity index (χ3v) is 15.7. The second-order valence-corrected chi connectivity index (χ2v) is 21.9. The minimum Gasteiger partial charge on any atom is -0.381 e. The minimum absolute atomic E-state index is 0.688. The lowest BCUT2D eigenvalue weighted by atomic mass is 9.85. The van der Waals surface area contributed by atoms with E-state index in [0.29, 0.717) is 11.8 Å². The van der Waals surface area contributed by atoms with Crippen LogP contribution in [0.2, 0.25) is 0 Å². The zero-order chi connectivity index (χ0) is 49.8. The molecule has 0 amide bonds. The second kappa shape index (κ2) is 21.6. The first-order valence-corrected chi connectivity index (χ1v) is 27.0. The fourth-order valence-electron chi connectivity index (χ4n) is 11.4. The lowest BCUT2D eigenvalue weighted by molar-refractivity contribution is -0.0312. The fraction of sp³-hybridized carbons (Fsp3) is 0.222. The molecule has 2 heterocycles. The second-order valence-electron chi connectivity index (χ2n) is 21.9. The number of ether oxygens (including phenoxy) is 2. The quantitative estimate of drug-likeness (QED) is 0.0905. The molecule has 0 aromatic heterocycles. The Morgan fingerprint density at radius 3 is 1.01 bits per heavy atom. The number of hydrogen-bond acceptors (Lipinski definition) is 2. The highest BCUT2D eigenvalue weighted by atomic mass is 16.5. The third kappa shape index (κ3) is 11.4. The topological polar surface area (TPSA) is 18.5 Å². The van der Waals surface area contributed by atoms with Gasteiger partial charge in [0.15, 0.2) is 0 Å². The predicted octanol–water partition coefficient (Wildman–Crippen LogP) is 16.2. The molecular weight excluding hydrogens is 897 g/mol. The van der Waals surface area contributed by atoms with Crippen LogP contribution in [-0.2, 0) is 60.8 Å². The molecule has 10 aromatic rings. The normalized spacial score (nSPS) is 13.8. The van der Waals surface area contributed by atoms with Crippen LogP contribution in [0.3, 0.4) is 0 Å². The summed E-state index contributed by atoms with van der Waals surface area (Å²) in [6.07, 6.45) is 7.73. The van der Waals surface area contributed by atoms with Crippen molar-refractivity contribution in [1.29, 1.82) is 0 Å². The largest absolute Gasteiger partial charge is 0.381 e. The van der Waals surface area contributed by atoms with Crippen molar-refractivity contribution in [2.45, 2.75) is 65.2 Å². The van der Waals surface area contributed by atoms with Crippen molar-refractivity contribution in [3.05, 3.63) is 295 Å². The van der Waals surface area contributed by atoms with Gasteiger partial charge in [0.25, 0.3) is 0 Å². The fourth-order valence-corrected chi connectivity index (χ4v) is 11.4. The average molecular weight is 963 g/mol. The van der Waals surface area contributed by atoms with Crippen LogP contribution >= 0.6 is 0 Å². The zero-order valence-corrected chi connectivity index (χ0v) is 43.1. The van der Waals surface area contributed by atoms with E-state index in [1.165, 1.54) is 122 Å². The maximum absolute atomic E-state index is 5.37. The molecule has 2 fully saturated rings. The Bertz CT molecular complexity index is 3520. The maximum Gasteiger partial charge on any atom is 0.0519 e. The van der Waals surface area contributed by atoms with Gasteiger partial charge in [0.05, 0.1) is 26.4 Å². The molecule has 0 spiro atoms. The number of rotatable bonds is 17. The van der Waals surface area contributed by atoms with Crippen LogP contribution in [0.5, 0.6) is 0 Å². The molecule has 2 heteroatoms. The molecule has 2 aliphatic rings. The van der Waals surface area contributed by atoms with Crippen molar-refractivity contribution >= 4 is 21.5 Å². The van der Waals surface area contributed by atoms with E-state index in [9.17, 15) is 0 Å². The summed E-state index contributed by atoms with van der Waals surface area (Å²) in [4.78, 5) is 0. The van der Waals surface area contributed by atoms with E-state index < -0.39 is 0 Å². The summed E-state index contributed by atoms with van der Waals surface area (Å²) in [5.74, 6) is 1.38. The van der Waals surface area contributed by atoms with Crippen LogP contribution in [0, 0.1) is 25.7 Å². The smallest absolute Gasteiger partial charge is 0.0519 e. The Balaban J connectivity index is 0.740. The molecule has 0 N–H and O–H groups in total. The number of aryl methyl sites for hydroxylation is 2. The van der Waals surface area contributed by atoms with Gasteiger partial charge >= 0.3 is 0 Å². The van der Waals surface area contributed by atoms with E-state index in [1.807, 2.05) is 0 Å². The minimum atomic E-state index is 0.688. The van der Waals surface area contributed by atoms with E-state index in [-0.39, 0.29) is 0 Å². The standard InChI is InChI=1S/C72H66O2/c1-49-4-32-70-66(33-49)29-30-67(42-62-27-25-58(26-28-62)38-54-11-9-53(10-12-54)37-57-17-23-61(24-18-57)41-65-47-74-48-65)72(70)71-44-63(43-68-34-50(2)3-31-69(68)71)39-59-19-13-55(14-20-59)35-51-5-7-52(8-6-51)36-56-15-21-60(22-16-56)40-64-45-73-46-64/h3-34,43-44,64-65H,35-42,45-48H2,1-2H3. The summed E-state index contributed by atoms with van der Waals surface area (Å²) in [7, 11) is 0. The highest BCUT2D eigenvalue weighted by Gasteiger charge is 2.20. The van der Waals surface area contributed by atoms with Crippen molar-refractivity contribution < 1.29 is 9.47 Å². The molecule has 12 rings (SSSR count). The molecule has 74 heavy (non-hydrogen) atoms. The van der Waals surface area contributed by atoms with Gasteiger partial charge in [-0.3, -0.25) is 0 Å². The Hall–Kier alpha value is -7.36. The summed E-state index contributed by atoms with van der Waals surface area (Å²) < 4.78 is 10.7. The molecule has 0 atom stereocenters. The SMILES string of the molecule is Cc1ccc2c(-c3c(Cc4ccc(Cc5ccc(Cc6ccc(CC7COC7)cc6)cc5)cc4)ccc4cc(C)ccc34)cc(Cc3ccc(Cc4ccc(Cc5ccc(CC6COC6)cc5)cc4)cc3)cc2c1. The first-order chi connectivity index (χ1) is 36.3. The summed E-state index contributed by atoms with van der Waals surface area (Å²) in [5, 5.41) is 5.20. The lowest BCUT2D eigenvalue weighted by Crippen LogP contribution is -2.29. The van der Waals surface area contributed by atoms with Gasteiger partial charge in [-0.2, -0.15) is 0 Å². The zero-order valence-electron chi connectivity index (χ0n) is 43.1. The highest BCUT2D eigenvalue weighted by molar-refractivity contribution is 6.07. The van der Waals surface area contributed by atoms with Crippen molar-refractivity contribution in [2.24, 2.45) is 11.8 Å². The molecule has 0 saturated carbocycles. The van der Waals surface area contributed by atoms with E-state index in [1.54, 1.807) is 0 Å². The van der Waals surface area contributed by atoms with Gasteiger partial charge in [-0.25, -0.2) is 0 Å². The summed E-state index contributed by atoms with van der Waals surface area (Å²) in [5.41, 5.74) is 24.2. The summed E-state index contributed by atoms with van der Waals surface area (Å²) in [6, 6.07) is 79.1. The first-order valence-electron chi connectivity index (χ1n) is 27.0. The van der Waals surface area contributed by atoms with Crippen LogP contribution in [0.25, 0.3) is 32.7 Å². The maximum atomic E-state index is 5.37. The molecule has 0 bridgehead atoms. The molecule has 2 saturated heterocycles. The monoisotopic (exact) mass is 963 g/mol. The molecule has 0 unspecified atom stereocenters. The van der Waals surface area contributed by atoms with Gasteiger partial charge in [0.2, 0.25) is 0 Å². The Morgan fingerprint density at radius 1 is 0.297 bits per heavy atom. The molecule has 0 aliphatic carbocycles. The van der Waals surface area contributed by atoms with E-state index >= 15 is 0 Å². The summed E-state index contributed by atoms with van der Waals surface area (Å²) in [6.45, 7) is 8.03. The Kier molecular flexibility index (Phi) is 13.9. The van der Waals surface area contributed by atoms with Gasteiger partial charge in [-0.05, 0) is 176 Å². The molecule has 366 valence electrons. The van der Waals surface area contributed by atoms with E-state index in [0.717, 1.165) is 77.8 Å². The van der Waals surface area contributed by atoms with Gasteiger partial charge in [0.1, 0.15) is 0 Å². The van der Waals surface area contributed by atoms with Crippen LogP contribution in [-0.4, -0.2) is 26.4 Å². The van der Waals surface area contributed by atoms with E-state index in [4.69, 9.17) is 9.47 Å². The Morgan fingerprint density at radius 2 is 0.635 bits per heavy atom. The number of fused-ring (bicyclic) bond motifs is 2. The molecule has 2 aliphatic heterocycles. The van der Waals surface area contributed by atoms with E-state index in [2.05, 4.69) is 220 Å². The van der Waals surface area contributed by atoms with Crippen molar-refractivity contribution in [3.8, 4) is 11.1 Å². The Labute approximate surface area is 438 Å². The molecule has 0 radical (unpaired) electrons. The molecular formula is C72H66O2. The summed E-state index contributed by atoms with van der Waals surface area (Å²) >= 11 is 0. The number of hydrogen-bond donors (Lipinski definition) is 0. The molecule has 10 aromatic carbocycles. The molecule has 2 nitrogen and oxygen atoms in total. The van der Waals surface area contributed by atoms with Crippen LogP contribution in [0.1, 0.15) is 89.0 Å². The van der Waals surface area contributed by atoms with Crippen molar-refractivity contribution in [1.82, 2.24) is 0 Å². The third-order valence-electron chi connectivity index (χ3n) is 15.7. The number of benzene rings is 10. The highest BCUT2D eigenvalue weighted by Crippen LogP contribution is 2.40. The average Bonchev–Trinajstić information content (AvgIpc) is 3.39. The van der Waals surface area contributed by atoms with Crippen LogP contribution in [0.4, 0.5) is 0 Å². The van der Waals surface area contributed by atoms with Crippen molar-refractivity contribution in [2.75, 3.05) is 26.4 Å². The van der Waals surface area contributed by atoms with Gasteiger partial charge in [0, 0.05) is 11.8 Å². The predicted molar refractivity (Wildman–Crippen MR) is 308 cm³/mol. The van der Waals surface area contributed by atoms with Crippen LogP contribution in [0.15, 0.2) is 206 Å². The first kappa shape index (κ1) is 47.6. The lowest BCUT2D eigenvalue weighted by Gasteiger charge is -2.25. The van der Waals surface area contributed by atoms with Gasteiger partial charge in [-0.15, -0.1) is 0 Å². The van der Waals surface area contributed by atoms with Gasteiger partial charge in [-0.1, -0.05) is 217 Å². The van der Waals surface area contributed by atoms with Gasteiger partial charge < -0.3 is 9.47 Å². The van der Waals surface area contributed by atoms with Crippen LogP contribution < -0.4 is 0 Å². The van der Waals surface area contributed by atoms with Crippen molar-refractivity contribution in [3.63, 3.8) is 0 Å².